The van der Waals surface area contributed by atoms with Gasteiger partial charge < -0.3 is 10.3 Å². The van der Waals surface area contributed by atoms with E-state index >= 15 is 0 Å². The molecule has 0 spiro atoms. The Labute approximate surface area is 89.1 Å². The van der Waals surface area contributed by atoms with E-state index in [-0.39, 0.29) is 0 Å². The van der Waals surface area contributed by atoms with E-state index < -0.39 is 0 Å². The molecule has 13 heavy (non-hydrogen) atoms. The number of benzene rings is 1. The highest BCUT2D eigenvalue weighted by Gasteiger charge is 2.03. The Morgan fingerprint density at radius 3 is 2.46 bits per heavy atom. The van der Waals surface area contributed by atoms with Gasteiger partial charge in [0.25, 0.3) is 0 Å². The molecule has 66 valence electrons. The summed E-state index contributed by atoms with van der Waals surface area (Å²) >= 11 is 2.25. The molecule has 0 aliphatic rings. The summed E-state index contributed by atoms with van der Waals surface area (Å²) in [5, 5.41) is 3.62. The number of nitrogens with zero attached hydrogens (tertiary/aromatic N) is 1. The van der Waals surface area contributed by atoms with Gasteiger partial charge in [0.2, 0.25) is 0 Å². The molecule has 0 aliphatic carbocycles. The summed E-state index contributed by atoms with van der Waals surface area (Å²) in [6, 6.07) is 9.68. The first-order chi connectivity index (χ1) is 6.25. The Morgan fingerprint density at radius 1 is 1.23 bits per heavy atom. The van der Waals surface area contributed by atoms with Crippen LogP contribution in [-0.2, 0) is 0 Å². The number of halogens is 1. The number of hydrogen-bond acceptors (Lipinski definition) is 3. The van der Waals surface area contributed by atoms with Gasteiger partial charge >= 0.3 is 0 Å². The summed E-state index contributed by atoms with van der Waals surface area (Å²) in [7, 11) is 0. The van der Waals surface area contributed by atoms with Gasteiger partial charge in [-0.3, -0.25) is 0 Å². The smallest absolute Gasteiger partial charge is 0.169 e. The summed E-state index contributed by atoms with van der Waals surface area (Å²) < 4.78 is 6.20. The number of anilines is 1. The molecular weight excluding hydrogens is 279 g/mol. The Morgan fingerprint density at radius 2 is 1.92 bits per heavy atom. The van der Waals surface area contributed by atoms with Crippen LogP contribution in [-0.4, -0.2) is 5.16 Å². The van der Waals surface area contributed by atoms with Crippen LogP contribution in [0.3, 0.4) is 0 Å². The normalized spacial score (nSPS) is 10.2. The molecule has 4 heteroatoms. The molecule has 1 aromatic heterocycles. The van der Waals surface area contributed by atoms with Crippen LogP contribution in [0, 0.1) is 3.57 Å². The number of rotatable bonds is 1. The Kier molecular flexibility index (Phi) is 2.22. The van der Waals surface area contributed by atoms with Crippen molar-refractivity contribution in [2.45, 2.75) is 0 Å². The first kappa shape index (κ1) is 8.55. The maximum atomic E-state index is 5.44. The number of hydrogen-bond donors (Lipinski definition) is 1. The monoisotopic (exact) mass is 286 g/mol. The van der Waals surface area contributed by atoms with Gasteiger partial charge in [-0.1, -0.05) is 17.3 Å². The van der Waals surface area contributed by atoms with E-state index in [0.29, 0.717) is 11.6 Å². The highest BCUT2D eigenvalue weighted by Crippen LogP contribution is 2.21. The molecule has 0 saturated heterocycles. The van der Waals surface area contributed by atoms with Crippen molar-refractivity contribution in [1.82, 2.24) is 5.16 Å². The fourth-order valence-electron chi connectivity index (χ4n) is 1.04. The Balaban J connectivity index is 2.41. The Hall–Kier alpha value is -1.04. The van der Waals surface area contributed by atoms with Crippen LogP contribution >= 0.6 is 22.6 Å². The maximum Gasteiger partial charge on any atom is 0.169 e. The van der Waals surface area contributed by atoms with E-state index in [2.05, 4.69) is 27.7 Å². The maximum absolute atomic E-state index is 5.44. The van der Waals surface area contributed by atoms with Gasteiger partial charge in [0, 0.05) is 15.2 Å². The van der Waals surface area contributed by atoms with Gasteiger partial charge in [-0.25, -0.2) is 0 Å². The minimum Gasteiger partial charge on any atom is -0.381 e. The summed E-state index contributed by atoms with van der Waals surface area (Å²) in [6.45, 7) is 0. The minimum absolute atomic E-state index is 0.411. The SMILES string of the molecule is Nc1cc(-c2ccc(I)cc2)on1. The van der Waals surface area contributed by atoms with Gasteiger partial charge in [0.15, 0.2) is 11.6 Å². The zero-order chi connectivity index (χ0) is 9.26. The van der Waals surface area contributed by atoms with E-state index in [0.717, 1.165) is 5.56 Å². The summed E-state index contributed by atoms with van der Waals surface area (Å²) in [4.78, 5) is 0. The molecule has 2 N–H and O–H groups in total. The first-order valence-corrected chi connectivity index (χ1v) is 4.82. The van der Waals surface area contributed by atoms with Crippen LogP contribution in [0.25, 0.3) is 11.3 Å². The molecule has 0 bridgehead atoms. The molecule has 0 atom stereocenters. The highest BCUT2D eigenvalue weighted by molar-refractivity contribution is 14.1. The average molecular weight is 286 g/mol. The van der Waals surface area contributed by atoms with Gasteiger partial charge in [-0.2, -0.15) is 0 Å². The second kappa shape index (κ2) is 3.37. The predicted molar refractivity (Wildman–Crippen MR) is 59.1 cm³/mol. The number of nitrogens with two attached hydrogens (primary N) is 1. The molecule has 2 rings (SSSR count). The minimum atomic E-state index is 0.411. The van der Waals surface area contributed by atoms with Crippen LogP contribution in [0.1, 0.15) is 0 Å². The topological polar surface area (TPSA) is 52.0 Å². The van der Waals surface area contributed by atoms with Gasteiger partial charge in [0.05, 0.1) is 0 Å². The average Bonchev–Trinajstić information content (AvgIpc) is 2.53. The predicted octanol–water partition coefficient (Wildman–Crippen LogP) is 2.53. The van der Waals surface area contributed by atoms with Crippen molar-refractivity contribution in [2.75, 3.05) is 5.73 Å². The van der Waals surface area contributed by atoms with Crippen LogP contribution in [0.2, 0.25) is 0 Å². The van der Waals surface area contributed by atoms with Crippen molar-refractivity contribution in [3.8, 4) is 11.3 Å². The molecule has 0 amide bonds. The van der Waals surface area contributed by atoms with E-state index in [9.17, 15) is 0 Å². The molecule has 2 aromatic rings. The van der Waals surface area contributed by atoms with E-state index in [1.165, 1.54) is 3.57 Å². The van der Waals surface area contributed by atoms with Crippen molar-refractivity contribution in [3.63, 3.8) is 0 Å². The third-order valence-electron chi connectivity index (χ3n) is 1.66. The van der Waals surface area contributed by atoms with E-state index in [4.69, 9.17) is 10.3 Å². The molecule has 0 saturated carbocycles. The van der Waals surface area contributed by atoms with Gasteiger partial charge in [0.1, 0.15) is 0 Å². The second-order valence-corrected chi connectivity index (χ2v) is 3.87. The lowest BCUT2D eigenvalue weighted by atomic mass is 10.2. The van der Waals surface area contributed by atoms with E-state index in [1.807, 2.05) is 24.3 Å². The highest BCUT2D eigenvalue weighted by atomic mass is 127. The summed E-state index contributed by atoms with van der Waals surface area (Å²) in [6.07, 6.45) is 0. The fourth-order valence-corrected chi connectivity index (χ4v) is 1.40. The van der Waals surface area contributed by atoms with Crippen LogP contribution < -0.4 is 5.73 Å². The molecule has 0 radical (unpaired) electrons. The standard InChI is InChI=1S/C9H7IN2O/c10-7-3-1-6(2-4-7)8-5-9(11)12-13-8/h1-5H,(H2,11,12). The lowest BCUT2D eigenvalue weighted by Crippen LogP contribution is -1.80. The van der Waals surface area contributed by atoms with Crippen molar-refractivity contribution < 1.29 is 4.52 Å². The molecular formula is C9H7IN2O. The van der Waals surface area contributed by atoms with Crippen molar-refractivity contribution >= 4 is 28.4 Å². The molecule has 1 aromatic carbocycles. The quantitative estimate of drug-likeness (QED) is 0.819. The van der Waals surface area contributed by atoms with Gasteiger partial charge in [-0.15, -0.1) is 0 Å². The number of nitrogen functional groups attached to an aromatic ring is 1. The molecule has 1 heterocycles. The second-order valence-electron chi connectivity index (χ2n) is 2.62. The summed E-state index contributed by atoms with van der Waals surface area (Å²) in [5.74, 6) is 1.11. The van der Waals surface area contributed by atoms with Crippen LogP contribution in [0.15, 0.2) is 34.9 Å². The molecule has 0 fully saturated rings. The van der Waals surface area contributed by atoms with Crippen molar-refractivity contribution in [1.29, 1.82) is 0 Å². The Bertz CT molecular complexity index is 408. The molecule has 0 aliphatic heterocycles. The lowest BCUT2D eigenvalue weighted by Gasteiger charge is -1.93. The van der Waals surface area contributed by atoms with Crippen molar-refractivity contribution in [2.24, 2.45) is 0 Å². The fraction of sp³-hybridized carbons (Fsp3) is 0. The summed E-state index contributed by atoms with van der Waals surface area (Å²) in [5.41, 5.74) is 6.43. The van der Waals surface area contributed by atoms with Crippen LogP contribution in [0.5, 0.6) is 0 Å². The van der Waals surface area contributed by atoms with E-state index in [1.54, 1.807) is 6.07 Å². The van der Waals surface area contributed by atoms with Gasteiger partial charge in [-0.05, 0) is 34.7 Å². The zero-order valence-corrected chi connectivity index (χ0v) is 8.86. The van der Waals surface area contributed by atoms with Crippen LogP contribution in [0.4, 0.5) is 5.82 Å². The number of aromatic nitrogens is 1. The van der Waals surface area contributed by atoms with Crippen molar-refractivity contribution in [3.05, 3.63) is 33.9 Å². The zero-order valence-electron chi connectivity index (χ0n) is 6.70. The third-order valence-corrected chi connectivity index (χ3v) is 2.38. The molecule has 3 nitrogen and oxygen atoms in total. The lowest BCUT2D eigenvalue weighted by molar-refractivity contribution is 0.436. The molecule has 0 unspecified atom stereocenters. The first-order valence-electron chi connectivity index (χ1n) is 3.74. The third kappa shape index (κ3) is 1.82. The largest absolute Gasteiger partial charge is 0.381 e.